The number of hydrogen-bond donors (Lipinski definition) is 1. The summed E-state index contributed by atoms with van der Waals surface area (Å²) in [5, 5.41) is 2.64. The average Bonchev–Trinajstić information content (AvgIpc) is 2.46. The monoisotopic (exact) mass is 335 g/mol. The molecule has 1 aliphatic heterocycles. The van der Waals surface area contributed by atoms with Gasteiger partial charge in [-0.2, -0.15) is 0 Å². The lowest BCUT2D eigenvalue weighted by Crippen LogP contribution is -2.42. The first-order chi connectivity index (χ1) is 11.5. The van der Waals surface area contributed by atoms with Crippen molar-refractivity contribution >= 4 is 17.5 Å². The lowest BCUT2D eigenvalue weighted by molar-refractivity contribution is -0.132. The van der Waals surface area contributed by atoms with Crippen molar-refractivity contribution in [2.75, 3.05) is 38.5 Å². The first kappa shape index (κ1) is 18.4. The van der Waals surface area contributed by atoms with E-state index >= 15 is 0 Å². The molecule has 1 N–H and O–H groups in total. The minimum absolute atomic E-state index is 0.0676. The third-order valence-electron chi connectivity index (χ3n) is 4.14. The van der Waals surface area contributed by atoms with E-state index in [4.69, 9.17) is 0 Å². The van der Waals surface area contributed by atoms with Gasteiger partial charge < -0.3 is 10.2 Å². The maximum atomic E-state index is 13.1. The number of hydrogen-bond acceptors (Lipinski definition) is 3. The van der Waals surface area contributed by atoms with Crippen molar-refractivity contribution in [2.45, 2.75) is 32.1 Å². The minimum Gasteiger partial charge on any atom is -0.342 e. The van der Waals surface area contributed by atoms with Crippen LogP contribution in [0.1, 0.15) is 32.1 Å². The summed E-state index contributed by atoms with van der Waals surface area (Å²) in [6, 6.07) is 5.76. The number of benzene rings is 1. The van der Waals surface area contributed by atoms with Gasteiger partial charge in [0.15, 0.2) is 0 Å². The molecule has 1 fully saturated rings. The van der Waals surface area contributed by atoms with Gasteiger partial charge in [0, 0.05) is 18.8 Å². The summed E-state index contributed by atoms with van der Waals surface area (Å²) in [5.41, 5.74) is 0.420. The topological polar surface area (TPSA) is 52.7 Å². The molecular formula is C18H26FN3O2. The minimum atomic E-state index is -0.395. The Kier molecular flexibility index (Phi) is 7.18. The van der Waals surface area contributed by atoms with Crippen molar-refractivity contribution in [2.24, 2.45) is 0 Å². The highest BCUT2D eigenvalue weighted by atomic mass is 19.1. The fraction of sp³-hybridized carbons (Fsp3) is 0.556. The maximum Gasteiger partial charge on any atom is 0.238 e. The van der Waals surface area contributed by atoms with Crippen LogP contribution in [0, 0.1) is 5.82 Å². The van der Waals surface area contributed by atoms with E-state index in [-0.39, 0.29) is 24.9 Å². The van der Waals surface area contributed by atoms with Gasteiger partial charge in [-0.05, 0) is 38.1 Å². The van der Waals surface area contributed by atoms with E-state index < -0.39 is 5.82 Å². The Morgan fingerprint density at radius 3 is 2.46 bits per heavy atom. The van der Waals surface area contributed by atoms with Gasteiger partial charge in [0.25, 0.3) is 0 Å². The molecule has 0 aromatic heterocycles. The van der Waals surface area contributed by atoms with Gasteiger partial charge in [0.05, 0.1) is 13.1 Å². The third-order valence-corrected chi connectivity index (χ3v) is 4.14. The molecule has 0 aliphatic carbocycles. The number of halogens is 1. The first-order valence-electron chi connectivity index (χ1n) is 8.56. The highest BCUT2D eigenvalue weighted by Gasteiger charge is 2.17. The molecular weight excluding hydrogens is 309 g/mol. The molecule has 0 bridgehead atoms. The summed E-state index contributed by atoms with van der Waals surface area (Å²) >= 11 is 0. The largest absolute Gasteiger partial charge is 0.342 e. The molecule has 0 atom stereocenters. The van der Waals surface area contributed by atoms with Crippen molar-refractivity contribution in [3.8, 4) is 0 Å². The zero-order valence-corrected chi connectivity index (χ0v) is 14.3. The fourth-order valence-electron chi connectivity index (χ4n) is 2.90. The Morgan fingerprint density at radius 1 is 1.12 bits per heavy atom. The van der Waals surface area contributed by atoms with E-state index in [1.165, 1.54) is 31.4 Å². The highest BCUT2D eigenvalue weighted by molar-refractivity contribution is 5.92. The van der Waals surface area contributed by atoms with Crippen LogP contribution in [-0.4, -0.2) is 54.8 Å². The molecule has 0 saturated carbocycles. The van der Waals surface area contributed by atoms with Crippen LogP contribution in [0.25, 0.3) is 0 Å². The number of carbonyl (C=O) groups excluding carboxylic acids is 2. The Morgan fingerprint density at radius 2 is 1.79 bits per heavy atom. The Hall–Kier alpha value is -1.95. The van der Waals surface area contributed by atoms with Gasteiger partial charge in [0.2, 0.25) is 11.8 Å². The van der Waals surface area contributed by atoms with Crippen LogP contribution in [0.15, 0.2) is 24.3 Å². The van der Waals surface area contributed by atoms with Gasteiger partial charge >= 0.3 is 0 Å². The van der Waals surface area contributed by atoms with Crippen LogP contribution in [0.5, 0.6) is 0 Å². The van der Waals surface area contributed by atoms with E-state index in [1.807, 2.05) is 4.90 Å². The lowest BCUT2D eigenvalue weighted by Gasteiger charge is -2.27. The van der Waals surface area contributed by atoms with E-state index in [0.717, 1.165) is 25.9 Å². The molecule has 1 saturated heterocycles. The molecule has 1 heterocycles. The van der Waals surface area contributed by atoms with Gasteiger partial charge in [-0.3, -0.25) is 14.5 Å². The number of amides is 2. The second kappa shape index (κ2) is 9.37. The Balaban J connectivity index is 1.77. The zero-order valence-electron chi connectivity index (χ0n) is 14.3. The molecule has 6 heteroatoms. The number of likely N-dealkylation sites (N-methyl/N-ethyl adjacent to an activating group) is 1. The fourth-order valence-corrected chi connectivity index (χ4v) is 2.90. The molecule has 2 rings (SSSR count). The van der Waals surface area contributed by atoms with Crippen molar-refractivity contribution in [1.29, 1.82) is 0 Å². The number of anilines is 1. The van der Waals surface area contributed by atoms with Crippen LogP contribution < -0.4 is 5.32 Å². The Bertz CT molecular complexity index is 557. The quantitative estimate of drug-likeness (QED) is 0.899. The summed E-state index contributed by atoms with van der Waals surface area (Å²) in [6.07, 6.45) is 5.71. The lowest BCUT2D eigenvalue weighted by atomic mass is 10.1. The second-order valence-electron chi connectivity index (χ2n) is 6.38. The predicted molar refractivity (Wildman–Crippen MR) is 92.2 cm³/mol. The van der Waals surface area contributed by atoms with Gasteiger partial charge in [0.1, 0.15) is 5.82 Å². The van der Waals surface area contributed by atoms with E-state index in [9.17, 15) is 14.0 Å². The number of rotatable bonds is 5. The van der Waals surface area contributed by atoms with Crippen LogP contribution in [0.3, 0.4) is 0 Å². The summed E-state index contributed by atoms with van der Waals surface area (Å²) in [4.78, 5) is 27.9. The van der Waals surface area contributed by atoms with Crippen LogP contribution in [0.2, 0.25) is 0 Å². The van der Waals surface area contributed by atoms with Crippen LogP contribution in [-0.2, 0) is 9.59 Å². The van der Waals surface area contributed by atoms with Crippen molar-refractivity contribution in [1.82, 2.24) is 9.80 Å². The number of carbonyl (C=O) groups is 2. The maximum absolute atomic E-state index is 13.1. The molecule has 24 heavy (non-hydrogen) atoms. The number of nitrogens with one attached hydrogen (secondary N) is 1. The standard InChI is InChI=1S/C18H26FN3O2/c1-21(13-17(23)20-16-9-7-8-15(19)12-16)14-18(24)22-10-5-3-2-4-6-11-22/h7-9,12H,2-6,10-11,13-14H2,1H3,(H,20,23). The van der Waals surface area contributed by atoms with Gasteiger partial charge in [-0.25, -0.2) is 4.39 Å². The van der Waals surface area contributed by atoms with Crippen molar-refractivity contribution < 1.29 is 14.0 Å². The van der Waals surface area contributed by atoms with E-state index in [2.05, 4.69) is 5.32 Å². The molecule has 1 aromatic rings. The molecule has 2 amide bonds. The first-order valence-corrected chi connectivity index (χ1v) is 8.56. The number of likely N-dealkylation sites (tertiary alicyclic amines) is 1. The van der Waals surface area contributed by atoms with Crippen LogP contribution >= 0.6 is 0 Å². The zero-order chi connectivity index (χ0) is 17.4. The smallest absolute Gasteiger partial charge is 0.238 e. The molecule has 0 unspecified atom stereocenters. The highest BCUT2D eigenvalue weighted by Crippen LogP contribution is 2.11. The molecule has 132 valence electrons. The average molecular weight is 335 g/mol. The van der Waals surface area contributed by atoms with Gasteiger partial charge in [-0.15, -0.1) is 0 Å². The summed E-state index contributed by atoms with van der Waals surface area (Å²) < 4.78 is 13.1. The Labute approximate surface area is 142 Å². The number of nitrogens with zero attached hydrogens (tertiary/aromatic N) is 2. The molecule has 0 spiro atoms. The molecule has 1 aromatic carbocycles. The molecule has 1 aliphatic rings. The summed E-state index contributed by atoms with van der Waals surface area (Å²) in [7, 11) is 1.74. The van der Waals surface area contributed by atoms with Gasteiger partial charge in [-0.1, -0.05) is 25.3 Å². The summed E-state index contributed by atoms with van der Waals surface area (Å²) in [6.45, 7) is 1.93. The normalized spacial score (nSPS) is 15.7. The second-order valence-corrected chi connectivity index (χ2v) is 6.38. The third kappa shape index (κ3) is 6.28. The van der Waals surface area contributed by atoms with E-state index in [1.54, 1.807) is 24.1 Å². The summed E-state index contributed by atoms with van der Waals surface area (Å²) in [5.74, 6) is -0.588. The van der Waals surface area contributed by atoms with Crippen molar-refractivity contribution in [3.05, 3.63) is 30.1 Å². The van der Waals surface area contributed by atoms with Crippen molar-refractivity contribution in [3.63, 3.8) is 0 Å². The van der Waals surface area contributed by atoms with Crippen LogP contribution in [0.4, 0.5) is 10.1 Å². The van der Waals surface area contributed by atoms with E-state index in [0.29, 0.717) is 5.69 Å². The predicted octanol–water partition coefficient (Wildman–Crippen LogP) is 2.49. The SMILES string of the molecule is CN(CC(=O)Nc1cccc(F)c1)CC(=O)N1CCCCCCC1. The molecule has 5 nitrogen and oxygen atoms in total. The molecule has 0 radical (unpaired) electrons.